The molecule has 2 aromatic carbocycles. The van der Waals surface area contributed by atoms with Crippen LogP contribution < -0.4 is 9.64 Å². The summed E-state index contributed by atoms with van der Waals surface area (Å²) in [5, 5.41) is 0. The van der Waals surface area contributed by atoms with Crippen LogP contribution in [0.1, 0.15) is 24.8 Å². The van der Waals surface area contributed by atoms with Gasteiger partial charge in [0, 0.05) is 24.2 Å². The first-order valence-corrected chi connectivity index (χ1v) is 9.94. The number of carbonyl (C=O) groups excluding carboxylic acids is 2. The van der Waals surface area contributed by atoms with Crippen LogP contribution in [0.4, 0.5) is 5.69 Å². The number of hydrogen-bond donors (Lipinski definition) is 0. The Hall–Kier alpha value is -2.82. The number of hydrogen-bond acceptors (Lipinski definition) is 3. The van der Waals surface area contributed by atoms with E-state index >= 15 is 0 Å². The number of rotatable bonds is 5. The van der Waals surface area contributed by atoms with Crippen LogP contribution in [-0.4, -0.2) is 43.0 Å². The number of benzene rings is 2. The van der Waals surface area contributed by atoms with Gasteiger partial charge in [0.2, 0.25) is 11.8 Å². The number of ether oxygens (including phenoxy) is 1. The lowest BCUT2D eigenvalue weighted by molar-refractivity contribution is -0.145. The summed E-state index contributed by atoms with van der Waals surface area (Å²) in [6, 6.07) is 17.7. The molecule has 2 amide bonds. The van der Waals surface area contributed by atoms with Gasteiger partial charge in [0.15, 0.2) is 0 Å². The number of anilines is 1. The highest BCUT2D eigenvalue weighted by molar-refractivity contribution is 5.98. The van der Waals surface area contributed by atoms with Crippen molar-refractivity contribution in [3.05, 3.63) is 60.2 Å². The highest BCUT2D eigenvalue weighted by Crippen LogP contribution is 2.31. The van der Waals surface area contributed by atoms with Gasteiger partial charge in [-0.05, 0) is 37.0 Å². The number of piperazine rings is 1. The van der Waals surface area contributed by atoms with E-state index in [0.717, 1.165) is 37.1 Å². The number of amides is 2. The maximum Gasteiger partial charge on any atom is 0.246 e. The van der Waals surface area contributed by atoms with Crippen molar-refractivity contribution in [1.29, 1.82) is 0 Å². The number of methoxy groups -OCH3 is 1. The summed E-state index contributed by atoms with van der Waals surface area (Å²) in [4.78, 5) is 29.6. The fraction of sp³-hybridized carbons (Fsp3) is 0.391. The lowest BCUT2D eigenvalue weighted by atomic mass is 9.83. The van der Waals surface area contributed by atoms with Gasteiger partial charge in [-0.1, -0.05) is 42.8 Å². The Balaban J connectivity index is 1.60. The summed E-state index contributed by atoms with van der Waals surface area (Å²) in [5.41, 5.74) is 2.00. The Morgan fingerprint density at radius 1 is 1.11 bits per heavy atom. The molecule has 1 saturated heterocycles. The Morgan fingerprint density at radius 2 is 1.89 bits per heavy atom. The van der Waals surface area contributed by atoms with Gasteiger partial charge in [0.1, 0.15) is 12.3 Å². The molecule has 146 valence electrons. The molecule has 28 heavy (non-hydrogen) atoms. The second-order valence-corrected chi connectivity index (χ2v) is 7.64. The summed E-state index contributed by atoms with van der Waals surface area (Å²) < 4.78 is 5.31. The average Bonchev–Trinajstić information content (AvgIpc) is 2.68. The van der Waals surface area contributed by atoms with E-state index < -0.39 is 0 Å². The molecule has 2 aliphatic rings. The lowest BCUT2D eigenvalue weighted by Gasteiger charge is -2.43. The molecule has 0 radical (unpaired) electrons. The van der Waals surface area contributed by atoms with Gasteiger partial charge in [0.05, 0.1) is 13.2 Å². The molecule has 0 aromatic heterocycles. The summed E-state index contributed by atoms with van der Waals surface area (Å²) in [6.45, 7) is 0.642. The molecule has 2 aromatic rings. The molecule has 1 aliphatic heterocycles. The summed E-state index contributed by atoms with van der Waals surface area (Å²) >= 11 is 0. The lowest BCUT2D eigenvalue weighted by Crippen LogP contribution is -2.60. The minimum atomic E-state index is -0.0368. The predicted octanol–water partition coefficient (Wildman–Crippen LogP) is 3.28. The molecule has 5 nitrogen and oxygen atoms in total. The second-order valence-electron chi connectivity index (χ2n) is 7.64. The normalized spacial score (nSPS) is 20.0. The van der Waals surface area contributed by atoms with Crippen LogP contribution in [0.2, 0.25) is 0 Å². The summed E-state index contributed by atoms with van der Waals surface area (Å²) in [6.07, 6.45) is 3.74. The smallest absolute Gasteiger partial charge is 0.246 e. The minimum Gasteiger partial charge on any atom is -0.497 e. The zero-order valence-electron chi connectivity index (χ0n) is 16.2. The Bertz CT molecular complexity index is 848. The van der Waals surface area contributed by atoms with Gasteiger partial charge >= 0.3 is 0 Å². The highest BCUT2D eigenvalue weighted by Gasteiger charge is 2.39. The van der Waals surface area contributed by atoms with Crippen LogP contribution in [0.3, 0.4) is 0 Å². The molecule has 0 unspecified atom stereocenters. The van der Waals surface area contributed by atoms with Crippen LogP contribution in [-0.2, 0) is 16.0 Å². The van der Waals surface area contributed by atoms with Crippen molar-refractivity contribution in [1.82, 2.24) is 4.90 Å². The van der Waals surface area contributed by atoms with Gasteiger partial charge in [0.25, 0.3) is 0 Å². The third kappa shape index (κ3) is 3.75. The molecule has 4 rings (SSSR count). The largest absolute Gasteiger partial charge is 0.497 e. The SMILES string of the molecule is COc1cccc(N2C[C@@H](Cc3ccccc3)N(C(=O)C3CCC3)CC2=O)c1. The zero-order valence-corrected chi connectivity index (χ0v) is 16.2. The highest BCUT2D eigenvalue weighted by atomic mass is 16.5. The van der Waals surface area contributed by atoms with E-state index in [4.69, 9.17) is 4.74 Å². The molecule has 0 spiro atoms. The molecule has 1 atom stereocenters. The van der Waals surface area contributed by atoms with Crippen molar-refractivity contribution < 1.29 is 14.3 Å². The third-order valence-corrected chi connectivity index (χ3v) is 5.86. The molecular weight excluding hydrogens is 352 g/mol. The minimum absolute atomic E-state index is 0.0283. The van der Waals surface area contributed by atoms with Crippen molar-refractivity contribution in [2.45, 2.75) is 31.7 Å². The summed E-state index contributed by atoms with van der Waals surface area (Å²) in [7, 11) is 1.62. The van der Waals surface area contributed by atoms with E-state index in [-0.39, 0.29) is 30.3 Å². The first-order valence-electron chi connectivity index (χ1n) is 9.94. The fourth-order valence-electron chi connectivity index (χ4n) is 4.01. The van der Waals surface area contributed by atoms with Crippen LogP contribution in [0, 0.1) is 5.92 Å². The van der Waals surface area contributed by atoms with Crippen molar-refractivity contribution in [2.24, 2.45) is 5.92 Å². The molecule has 1 saturated carbocycles. The van der Waals surface area contributed by atoms with E-state index in [1.807, 2.05) is 47.4 Å². The molecule has 0 bridgehead atoms. The van der Waals surface area contributed by atoms with Crippen LogP contribution in [0.15, 0.2) is 54.6 Å². The first-order chi connectivity index (χ1) is 13.7. The molecule has 5 heteroatoms. The van der Waals surface area contributed by atoms with Crippen LogP contribution in [0.5, 0.6) is 5.75 Å². The van der Waals surface area contributed by atoms with E-state index in [1.54, 1.807) is 12.0 Å². The van der Waals surface area contributed by atoms with Gasteiger partial charge in [-0.3, -0.25) is 9.59 Å². The van der Waals surface area contributed by atoms with Crippen molar-refractivity contribution in [2.75, 3.05) is 25.1 Å². The quantitative estimate of drug-likeness (QED) is 0.802. The van der Waals surface area contributed by atoms with E-state index in [2.05, 4.69) is 12.1 Å². The Kier molecular flexibility index (Phi) is 5.33. The molecule has 1 heterocycles. The monoisotopic (exact) mass is 378 g/mol. The number of carbonyl (C=O) groups is 2. The van der Waals surface area contributed by atoms with E-state index in [9.17, 15) is 9.59 Å². The third-order valence-electron chi connectivity index (χ3n) is 5.86. The van der Waals surface area contributed by atoms with E-state index in [0.29, 0.717) is 6.54 Å². The molecule has 2 fully saturated rings. The van der Waals surface area contributed by atoms with Crippen molar-refractivity contribution in [3.63, 3.8) is 0 Å². The number of nitrogens with zero attached hydrogens (tertiary/aromatic N) is 2. The maximum atomic E-state index is 13.0. The van der Waals surface area contributed by atoms with Crippen molar-refractivity contribution in [3.8, 4) is 5.75 Å². The van der Waals surface area contributed by atoms with Gasteiger partial charge in [-0.15, -0.1) is 0 Å². The Labute approximate surface area is 165 Å². The topological polar surface area (TPSA) is 49.9 Å². The van der Waals surface area contributed by atoms with Crippen LogP contribution >= 0.6 is 0 Å². The first kappa shape index (κ1) is 18.5. The van der Waals surface area contributed by atoms with Crippen LogP contribution in [0.25, 0.3) is 0 Å². The molecular formula is C23H26N2O3. The predicted molar refractivity (Wildman–Crippen MR) is 108 cm³/mol. The van der Waals surface area contributed by atoms with E-state index in [1.165, 1.54) is 5.56 Å². The fourth-order valence-corrected chi connectivity index (χ4v) is 4.01. The Morgan fingerprint density at radius 3 is 2.57 bits per heavy atom. The van der Waals surface area contributed by atoms with Crippen molar-refractivity contribution >= 4 is 17.5 Å². The second kappa shape index (κ2) is 8.05. The standard InChI is InChI=1S/C23H26N2O3/c1-28-21-12-6-11-19(14-21)24-15-20(13-17-7-3-2-4-8-17)25(16-22(24)26)23(27)18-9-5-10-18/h2-4,6-8,11-12,14,18,20H,5,9-10,13,15-16H2,1H3/t20-/m1/s1. The summed E-state index contributed by atoms with van der Waals surface area (Å²) in [5.74, 6) is 0.920. The van der Waals surface area contributed by atoms with Gasteiger partial charge < -0.3 is 14.5 Å². The average molecular weight is 378 g/mol. The van der Waals surface area contributed by atoms with Gasteiger partial charge in [-0.2, -0.15) is 0 Å². The zero-order chi connectivity index (χ0) is 19.5. The molecule has 1 aliphatic carbocycles. The maximum absolute atomic E-state index is 13.0. The van der Waals surface area contributed by atoms with Gasteiger partial charge in [-0.25, -0.2) is 0 Å². The molecule has 0 N–H and O–H groups in total.